The van der Waals surface area contributed by atoms with Crippen LogP contribution in [0, 0.1) is 21.4 Å². The van der Waals surface area contributed by atoms with Crippen molar-refractivity contribution in [3.05, 3.63) is 56.5 Å². The third-order valence-electron chi connectivity index (χ3n) is 2.80. The highest BCUT2D eigenvalue weighted by atomic mass is 79.9. The molecule has 2 rings (SSSR count). The lowest BCUT2D eigenvalue weighted by molar-refractivity contribution is -0.384. The molecular weight excluding hydrogens is 336 g/mol. The number of nitro benzene ring substituents is 1. The number of benzene rings is 2. The average molecular weight is 347 g/mol. The Morgan fingerprint density at radius 3 is 2.57 bits per heavy atom. The van der Waals surface area contributed by atoms with Gasteiger partial charge in [0.2, 0.25) is 0 Å². The van der Waals surface area contributed by atoms with E-state index in [4.69, 9.17) is 5.26 Å². The highest BCUT2D eigenvalue weighted by Crippen LogP contribution is 2.29. The van der Waals surface area contributed by atoms with Crippen molar-refractivity contribution in [2.75, 3.05) is 17.7 Å². The molecule has 0 aromatic heterocycles. The molecule has 0 aliphatic heterocycles. The van der Waals surface area contributed by atoms with Crippen molar-refractivity contribution in [1.29, 1.82) is 5.26 Å². The summed E-state index contributed by atoms with van der Waals surface area (Å²) in [5.74, 6) is 0. The van der Waals surface area contributed by atoms with E-state index in [-0.39, 0.29) is 5.69 Å². The SMILES string of the molecule is CNc1cc(Nc2cc(Br)ccc2C#N)cc([N+](=O)[O-])c1. The summed E-state index contributed by atoms with van der Waals surface area (Å²) in [5.41, 5.74) is 2.14. The number of nitro groups is 1. The monoisotopic (exact) mass is 346 g/mol. The highest BCUT2D eigenvalue weighted by molar-refractivity contribution is 9.10. The first-order valence-corrected chi connectivity index (χ1v) is 6.76. The van der Waals surface area contributed by atoms with Crippen LogP contribution in [0.25, 0.3) is 0 Å². The van der Waals surface area contributed by atoms with E-state index in [0.717, 1.165) is 4.47 Å². The number of halogens is 1. The van der Waals surface area contributed by atoms with Crippen molar-refractivity contribution in [2.24, 2.45) is 0 Å². The van der Waals surface area contributed by atoms with Crippen LogP contribution in [0.3, 0.4) is 0 Å². The van der Waals surface area contributed by atoms with Crippen molar-refractivity contribution < 1.29 is 4.92 Å². The van der Waals surface area contributed by atoms with Gasteiger partial charge in [-0.05, 0) is 24.3 Å². The molecule has 0 unspecified atom stereocenters. The Balaban J connectivity index is 2.44. The summed E-state index contributed by atoms with van der Waals surface area (Å²) in [6.07, 6.45) is 0. The second-order valence-corrected chi connectivity index (χ2v) is 5.12. The standard InChI is InChI=1S/C14H11BrN4O2/c1-17-11-5-12(7-13(6-11)19(20)21)18-14-4-10(15)3-2-9(14)8-16/h2-7,17-18H,1H3. The molecule has 0 radical (unpaired) electrons. The van der Waals surface area contributed by atoms with Gasteiger partial charge in [-0.15, -0.1) is 0 Å². The summed E-state index contributed by atoms with van der Waals surface area (Å²) < 4.78 is 0.809. The lowest BCUT2D eigenvalue weighted by Crippen LogP contribution is -1.98. The van der Waals surface area contributed by atoms with Crippen LogP contribution in [0.5, 0.6) is 0 Å². The highest BCUT2D eigenvalue weighted by Gasteiger charge is 2.11. The van der Waals surface area contributed by atoms with E-state index in [9.17, 15) is 10.1 Å². The maximum Gasteiger partial charge on any atom is 0.273 e. The van der Waals surface area contributed by atoms with Crippen LogP contribution in [-0.4, -0.2) is 12.0 Å². The predicted octanol–water partition coefficient (Wildman–Crippen LogP) is 4.01. The fourth-order valence-corrected chi connectivity index (χ4v) is 2.17. The molecule has 0 spiro atoms. The van der Waals surface area contributed by atoms with Crippen LogP contribution >= 0.6 is 15.9 Å². The zero-order valence-corrected chi connectivity index (χ0v) is 12.6. The minimum absolute atomic E-state index is 0.0298. The summed E-state index contributed by atoms with van der Waals surface area (Å²) in [5, 5.41) is 26.0. The Kier molecular flexibility index (Phi) is 4.40. The minimum atomic E-state index is -0.460. The average Bonchev–Trinajstić information content (AvgIpc) is 2.47. The fraction of sp³-hybridized carbons (Fsp3) is 0.0714. The van der Waals surface area contributed by atoms with Crippen molar-refractivity contribution in [3.8, 4) is 6.07 Å². The summed E-state index contributed by atoms with van der Waals surface area (Å²) in [6.45, 7) is 0. The van der Waals surface area contributed by atoms with Crippen molar-refractivity contribution in [1.82, 2.24) is 0 Å². The van der Waals surface area contributed by atoms with Gasteiger partial charge in [-0.3, -0.25) is 10.1 Å². The predicted molar refractivity (Wildman–Crippen MR) is 84.8 cm³/mol. The molecule has 0 atom stereocenters. The van der Waals surface area contributed by atoms with E-state index in [2.05, 4.69) is 32.6 Å². The van der Waals surface area contributed by atoms with E-state index in [0.29, 0.717) is 22.6 Å². The van der Waals surface area contributed by atoms with Crippen LogP contribution in [0.15, 0.2) is 40.9 Å². The molecule has 0 saturated carbocycles. The number of nitrogens with one attached hydrogen (secondary N) is 2. The number of hydrogen-bond donors (Lipinski definition) is 2. The number of nitrogens with zero attached hydrogens (tertiary/aromatic N) is 2. The first-order valence-electron chi connectivity index (χ1n) is 5.97. The number of nitriles is 1. The van der Waals surface area contributed by atoms with Crippen LogP contribution < -0.4 is 10.6 Å². The second-order valence-electron chi connectivity index (χ2n) is 4.20. The molecule has 0 heterocycles. The number of hydrogen-bond acceptors (Lipinski definition) is 5. The van der Waals surface area contributed by atoms with E-state index >= 15 is 0 Å². The van der Waals surface area contributed by atoms with Gasteiger partial charge in [0, 0.05) is 35.0 Å². The molecule has 7 heteroatoms. The minimum Gasteiger partial charge on any atom is -0.388 e. The molecule has 0 fully saturated rings. The summed E-state index contributed by atoms with van der Waals surface area (Å²) in [7, 11) is 1.68. The van der Waals surface area contributed by atoms with Gasteiger partial charge in [-0.1, -0.05) is 15.9 Å². The van der Waals surface area contributed by atoms with Gasteiger partial charge >= 0.3 is 0 Å². The molecule has 0 aliphatic carbocycles. The molecule has 2 aromatic rings. The zero-order valence-electron chi connectivity index (χ0n) is 11.1. The molecule has 0 amide bonds. The quantitative estimate of drug-likeness (QED) is 0.644. The van der Waals surface area contributed by atoms with Gasteiger partial charge in [0.1, 0.15) is 6.07 Å². The molecular formula is C14H11BrN4O2. The molecule has 2 aromatic carbocycles. The smallest absolute Gasteiger partial charge is 0.273 e. The Morgan fingerprint density at radius 2 is 1.95 bits per heavy atom. The van der Waals surface area contributed by atoms with Gasteiger partial charge in [0.15, 0.2) is 0 Å². The molecule has 0 aliphatic rings. The maximum absolute atomic E-state index is 10.9. The number of anilines is 3. The van der Waals surface area contributed by atoms with Crippen molar-refractivity contribution >= 4 is 38.7 Å². The van der Waals surface area contributed by atoms with Gasteiger partial charge in [0.25, 0.3) is 5.69 Å². The molecule has 0 saturated heterocycles. The molecule has 6 nitrogen and oxygen atoms in total. The fourth-order valence-electron chi connectivity index (χ4n) is 1.81. The molecule has 106 valence electrons. The maximum atomic E-state index is 10.9. The number of rotatable bonds is 4. The van der Waals surface area contributed by atoms with Crippen LogP contribution in [-0.2, 0) is 0 Å². The first-order chi connectivity index (χ1) is 10.0. The summed E-state index contributed by atoms with van der Waals surface area (Å²) in [4.78, 5) is 10.5. The third-order valence-corrected chi connectivity index (χ3v) is 3.29. The van der Waals surface area contributed by atoms with Crippen LogP contribution in [0.2, 0.25) is 0 Å². The van der Waals surface area contributed by atoms with Crippen LogP contribution in [0.1, 0.15) is 5.56 Å². The molecule has 2 N–H and O–H groups in total. The molecule has 21 heavy (non-hydrogen) atoms. The Bertz CT molecular complexity index is 740. The van der Waals surface area contributed by atoms with E-state index < -0.39 is 4.92 Å². The lowest BCUT2D eigenvalue weighted by Gasteiger charge is -2.10. The number of non-ortho nitro benzene ring substituents is 1. The van der Waals surface area contributed by atoms with Gasteiger partial charge in [0.05, 0.1) is 16.2 Å². The van der Waals surface area contributed by atoms with Crippen LogP contribution in [0.4, 0.5) is 22.7 Å². The molecule has 0 bridgehead atoms. The Hall–Kier alpha value is -2.59. The first kappa shape index (κ1) is 14.8. The second kappa shape index (κ2) is 6.24. The lowest BCUT2D eigenvalue weighted by atomic mass is 10.1. The van der Waals surface area contributed by atoms with Gasteiger partial charge in [-0.25, -0.2) is 0 Å². The van der Waals surface area contributed by atoms with E-state index in [1.54, 1.807) is 31.3 Å². The van der Waals surface area contributed by atoms with Gasteiger partial charge < -0.3 is 10.6 Å². The topological polar surface area (TPSA) is 91.0 Å². The summed E-state index contributed by atoms with van der Waals surface area (Å²) >= 11 is 3.33. The van der Waals surface area contributed by atoms with Crippen molar-refractivity contribution in [2.45, 2.75) is 0 Å². The normalized spacial score (nSPS) is 9.76. The third kappa shape index (κ3) is 3.49. The largest absolute Gasteiger partial charge is 0.388 e. The zero-order chi connectivity index (χ0) is 15.4. The Labute approximate surface area is 129 Å². The van der Waals surface area contributed by atoms with E-state index in [1.165, 1.54) is 12.1 Å². The van der Waals surface area contributed by atoms with E-state index in [1.807, 2.05) is 0 Å². The van der Waals surface area contributed by atoms with Gasteiger partial charge in [-0.2, -0.15) is 5.26 Å². The summed E-state index contributed by atoms with van der Waals surface area (Å²) in [6, 6.07) is 11.8. The van der Waals surface area contributed by atoms with Crippen molar-refractivity contribution in [3.63, 3.8) is 0 Å². The Morgan fingerprint density at radius 1 is 1.24 bits per heavy atom.